The molecule has 180 valence electrons. The van der Waals surface area contributed by atoms with E-state index in [1.54, 1.807) is 50.2 Å². The van der Waals surface area contributed by atoms with Crippen LogP contribution in [0.1, 0.15) is 11.1 Å². The summed E-state index contributed by atoms with van der Waals surface area (Å²) in [6.07, 6.45) is 1.47. The molecule has 10 heteroatoms. The Morgan fingerprint density at radius 3 is 2.29 bits per heavy atom. The number of methoxy groups -OCH3 is 1. The molecule has 0 atom stereocenters. The Hall–Kier alpha value is -2.41. The lowest BCUT2D eigenvalue weighted by Crippen LogP contribution is -2.00. The number of ether oxygens (including phenoxy) is 2. The first-order valence-corrected chi connectivity index (χ1v) is 12.0. The van der Waals surface area contributed by atoms with Crippen molar-refractivity contribution >= 4 is 58.0 Å². The highest BCUT2D eigenvalue weighted by Crippen LogP contribution is 2.55. The Morgan fingerprint density at radius 1 is 0.857 bits per heavy atom. The van der Waals surface area contributed by atoms with E-state index in [0.29, 0.717) is 44.2 Å². The van der Waals surface area contributed by atoms with Gasteiger partial charge in [-0.05, 0) is 43.7 Å². The fourth-order valence-corrected chi connectivity index (χ4v) is 4.78. The van der Waals surface area contributed by atoms with Crippen molar-refractivity contribution in [2.45, 2.75) is 13.8 Å². The van der Waals surface area contributed by atoms with E-state index in [2.05, 4.69) is 9.97 Å². The maximum absolute atomic E-state index is 11.2. The van der Waals surface area contributed by atoms with Gasteiger partial charge in [0, 0.05) is 45.1 Å². The van der Waals surface area contributed by atoms with Crippen LogP contribution in [0.2, 0.25) is 25.4 Å². The SMILES string of the molecule is COc1cc(-c2c(Cl)c(C)c(O)c(Oc3cccc(Cl)c3C)c2-c2c(Cl)ccnc2Cl)cc(Cl)n1. The number of nitrogens with zero attached hydrogens (tertiary/aromatic N) is 2. The predicted molar refractivity (Wildman–Crippen MR) is 142 cm³/mol. The average molecular weight is 571 g/mol. The molecule has 4 aromatic rings. The zero-order valence-electron chi connectivity index (χ0n) is 18.6. The third kappa shape index (κ3) is 4.84. The van der Waals surface area contributed by atoms with E-state index in [1.807, 2.05) is 0 Å². The van der Waals surface area contributed by atoms with Crippen LogP contribution in [0.4, 0.5) is 0 Å². The van der Waals surface area contributed by atoms with Gasteiger partial charge in [0.1, 0.15) is 16.1 Å². The van der Waals surface area contributed by atoms with Crippen molar-refractivity contribution in [1.82, 2.24) is 9.97 Å². The number of hydrogen-bond acceptors (Lipinski definition) is 5. The van der Waals surface area contributed by atoms with Gasteiger partial charge in [0.25, 0.3) is 0 Å². The molecule has 2 aromatic carbocycles. The zero-order valence-corrected chi connectivity index (χ0v) is 22.4. The molecule has 0 unspecified atom stereocenters. The van der Waals surface area contributed by atoms with E-state index in [1.165, 1.54) is 13.3 Å². The van der Waals surface area contributed by atoms with E-state index >= 15 is 0 Å². The van der Waals surface area contributed by atoms with Crippen LogP contribution >= 0.6 is 58.0 Å². The maximum Gasteiger partial charge on any atom is 0.214 e. The highest BCUT2D eigenvalue weighted by Gasteiger charge is 2.29. The third-order valence-corrected chi connectivity index (χ3v) is 7.08. The molecule has 0 aliphatic heterocycles. The van der Waals surface area contributed by atoms with E-state index in [4.69, 9.17) is 67.5 Å². The molecule has 0 aliphatic rings. The Balaban J connectivity index is 2.16. The Labute approximate surface area is 227 Å². The van der Waals surface area contributed by atoms with Crippen LogP contribution < -0.4 is 9.47 Å². The lowest BCUT2D eigenvalue weighted by molar-refractivity contribution is 0.398. The molecular formula is C25H17Cl5N2O3. The number of aromatic nitrogens is 2. The van der Waals surface area contributed by atoms with Crippen LogP contribution in [0.3, 0.4) is 0 Å². The Bertz CT molecular complexity index is 1440. The van der Waals surface area contributed by atoms with Gasteiger partial charge in [-0.3, -0.25) is 0 Å². The molecule has 0 spiro atoms. The minimum absolute atomic E-state index is 0.0657. The summed E-state index contributed by atoms with van der Waals surface area (Å²) in [5.74, 6) is 0.548. The number of hydrogen-bond donors (Lipinski definition) is 1. The number of phenolic OH excluding ortho intramolecular Hbond substituents is 1. The van der Waals surface area contributed by atoms with E-state index < -0.39 is 0 Å². The highest BCUT2D eigenvalue weighted by molar-refractivity contribution is 6.40. The van der Waals surface area contributed by atoms with Gasteiger partial charge < -0.3 is 14.6 Å². The molecule has 4 rings (SSSR count). The molecule has 0 saturated heterocycles. The van der Waals surface area contributed by atoms with Gasteiger partial charge in [0.2, 0.25) is 5.88 Å². The molecular weight excluding hydrogens is 554 g/mol. The molecule has 0 radical (unpaired) electrons. The molecule has 2 aromatic heterocycles. The number of pyridine rings is 2. The van der Waals surface area contributed by atoms with Crippen molar-refractivity contribution in [2.24, 2.45) is 0 Å². The minimum atomic E-state index is -0.198. The van der Waals surface area contributed by atoms with Crippen LogP contribution in [-0.2, 0) is 0 Å². The van der Waals surface area contributed by atoms with Gasteiger partial charge in [-0.2, -0.15) is 0 Å². The summed E-state index contributed by atoms with van der Waals surface area (Å²) in [6.45, 7) is 3.46. The lowest BCUT2D eigenvalue weighted by atomic mass is 9.92. The Morgan fingerprint density at radius 2 is 1.60 bits per heavy atom. The fourth-order valence-electron chi connectivity index (χ4n) is 3.58. The van der Waals surface area contributed by atoms with Crippen LogP contribution in [0.15, 0.2) is 42.6 Å². The molecule has 0 saturated carbocycles. The lowest BCUT2D eigenvalue weighted by Gasteiger charge is -2.23. The van der Waals surface area contributed by atoms with Crippen LogP contribution in [0.25, 0.3) is 22.3 Å². The Kier molecular flexibility index (Phi) is 7.55. The molecule has 1 N–H and O–H groups in total. The normalized spacial score (nSPS) is 11.0. The largest absolute Gasteiger partial charge is 0.504 e. The van der Waals surface area contributed by atoms with Crippen molar-refractivity contribution in [3.63, 3.8) is 0 Å². The van der Waals surface area contributed by atoms with Crippen LogP contribution in [-0.4, -0.2) is 22.2 Å². The second-order valence-corrected chi connectivity index (χ2v) is 9.45. The van der Waals surface area contributed by atoms with E-state index in [9.17, 15) is 5.11 Å². The van der Waals surface area contributed by atoms with Gasteiger partial charge >= 0.3 is 0 Å². The highest BCUT2D eigenvalue weighted by atomic mass is 35.5. The average Bonchev–Trinajstić information content (AvgIpc) is 2.82. The smallest absolute Gasteiger partial charge is 0.214 e. The van der Waals surface area contributed by atoms with Crippen molar-refractivity contribution in [3.05, 3.63) is 79.1 Å². The summed E-state index contributed by atoms with van der Waals surface area (Å²) in [5, 5.41) is 12.5. The molecule has 0 bridgehead atoms. The first kappa shape index (κ1) is 25.7. The van der Waals surface area contributed by atoms with E-state index in [-0.39, 0.29) is 37.7 Å². The summed E-state index contributed by atoms with van der Waals surface area (Å²) < 4.78 is 11.6. The molecule has 0 aliphatic carbocycles. The van der Waals surface area contributed by atoms with Crippen molar-refractivity contribution in [3.8, 4) is 45.4 Å². The monoisotopic (exact) mass is 568 g/mol. The van der Waals surface area contributed by atoms with Crippen LogP contribution in [0.5, 0.6) is 23.1 Å². The quantitative estimate of drug-likeness (QED) is 0.242. The second-order valence-electron chi connectivity index (χ2n) is 7.51. The molecule has 5 nitrogen and oxygen atoms in total. The number of halogens is 5. The van der Waals surface area contributed by atoms with Gasteiger partial charge in [-0.1, -0.05) is 64.1 Å². The summed E-state index contributed by atoms with van der Waals surface area (Å²) >= 11 is 32.5. The van der Waals surface area contributed by atoms with Crippen molar-refractivity contribution in [2.75, 3.05) is 7.11 Å². The number of aromatic hydroxyl groups is 1. The first-order chi connectivity index (χ1) is 16.6. The maximum atomic E-state index is 11.2. The summed E-state index contributed by atoms with van der Waals surface area (Å²) in [6, 6.07) is 10.0. The number of rotatable bonds is 5. The first-order valence-electron chi connectivity index (χ1n) is 10.1. The zero-order chi connectivity index (χ0) is 25.4. The van der Waals surface area contributed by atoms with E-state index in [0.717, 1.165) is 0 Å². The van der Waals surface area contributed by atoms with Crippen molar-refractivity contribution in [1.29, 1.82) is 0 Å². The van der Waals surface area contributed by atoms with Gasteiger partial charge in [-0.25, -0.2) is 9.97 Å². The van der Waals surface area contributed by atoms with Gasteiger partial charge in [0.05, 0.1) is 17.2 Å². The molecule has 0 amide bonds. The predicted octanol–water partition coefficient (Wildman–Crippen LogP) is 9.20. The molecule has 35 heavy (non-hydrogen) atoms. The molecule has 0 fully saturated rings. The minimum Gasteiger partial charge on any atom is -0.504 e. The van der Waals surface area contributed by atoms with Crippen molar-refractivity contribution < 1.29 is 14.6 Å². The number of phenols is 1. The van der Waals surface area contributed by atoms with Crippen LogP contribution in [0, 0.1) is 13.8 Å². The second kappa shape index (κ2) is 10.3. The number of benzene rings is 2. The summed E-state index contributed by atoms with van der Waals surface area (Å²) in [5.41, 5.74) is 2.63. The topological polar surface area (TPSA) is 64.5 Å². The third-order valence-electron chi connectivity index (χ3n) is 5.40. The summed E-state index contributed by atoms with van der Waals surface area (Å²) in [7, 11) is 1.47. The summed E-state index contributed by atoms with van der Waals surface area (Å²) in [4.78, 5) is 8.32. The fraction of sp³-hybridized carbons (Fsp3) is 0.120. The standard InChI is InChI=1S/C25H17Cl5N2O3/c1-11-14(26)5-4-6-16(11)35-24-21(20-15(27)7-8-31-25(20)30)19(22(29)12(2)23(24)33)13-9-17(28)32-18(10-13)34-3/h4-10,33H,1-3H3. The van der Waals surface area contributed by atoms with Gasteiger partial charge in [0.15, 0.2) is 11.5 Å². The molecule has 2 heterocycles. The van der Waals surface area contributed by atoms with Gasteiger partial charge in [-0.15, -0.1) is 0 Å².